The Labute approximate surface area is 101 Å². The van der Waals surface area contributed by atoms with Crippen LogP contribution in [-0.2, 0) is 9.47 Å². The number of aryl methyl sites for hydroxylation is 1. The monoisotopic (exact) mass is 238 g/mol. The van der Waals surface area contributed by atoms with Crippen molar-refractivity contribution in [3.8, 4) is 0 Å². The van der Waals surface area contributed by atoms with E-state index in [2.05, 4.69) is 10.6 Å². The van der Waals surface area contributed by atoms with E-state index in [0.717, 1.165) is 11.3 Å². The Balaban J connectivity index is 2.39. The molecule has 0 aromatic heterocycles. The number of amides is 2. The van der Waals surface area contributed by atoms with E-state index in [1.54, 1.807) is 0 Å². The van der Waals surface area contributed by atoms with E-state index in [1.807, 2.05) is 31.2 Å². The first-order valence-corrected chi connectivity index (χ1v) is 5.33. The molecule has 1 rings (SSSR count). The number of urea groups is 1. The van der Waals surface area contributed by atoms with Crippen LogP contribution >= 0.6 is 0 Å². The summed E-state index contributed by atoms with van der Waals surface area (Å²) in [5.41, 5.74) is 1.85. The molecule has 1 aromatic carbocycles. The Morgan fingerprint density at radius 1 is 1.35 bits per heavy atom. The minimum absolute atomic E-state index is 0.283. The van der Waals surface area contributed by atoms with Crippen LogP contribution in [0.3, 0.4) is 0 Å². The highest BCUT2D eigenvalue weighted by Gasteiger charge is 2.07. The fourth-order valence-electron chi connectivity index (χ4n) is 1.34. The van der Waals surface area contributed by atoms with Crippen LogP contribution in [0.4, 0.5) is 10.5 Å². The van der Waals surface area contributed by atoms with Gasteiger partial charge in [-0.15, -0.1) is 0 Å². The van der Waals surface area contributed by atoms with E-state index in [-0.39, 0.29) is 6.03 Å². The molecule has 5 heteroatoms. The molecule has 0 radical (unpaired) electrons. The van der Waals surface area contributed by atoms with Crippen LogP contribution in [0.25, 0.3) is 0 Å². The van der Waals surface area contributed by atoms with E-state index < -0.39 is 6.29 Å². The zero-order valence-corrected chi connectivity index (χ0v) is 10.3. The molecule has 0 saturated carbocycles. The van der Waals surface area contributed by atoms with Crippen molar-refractivity contribution in [2.75, 3.05) is 26.1 Å². The third-order valence-electron chi connectivity index (χ3n) is 2.23. The number of benzene rings is 1. The van der Waals surface area contributed by atoms with Crippen LogP contribution in [0, 0.1) is 6.92 Å². The molecule has 0 unspecified atom stereocenters. The van der Waals surface area contributed by atoms with Crippen molar-refractivity contribution in [1.29, 1.82) is 0 Å². The molecule has 2 amide bonds. The number of methoxy groups -OCH3 is 2. The summed E-state index contributed by atoms with van der Waals surface area (Å²) in [7, 11) is 3.04. The van der Waals surface area contributed by atoms with E-state index in [9.17, 15) is 4.79 Å². The van der Waals surface area contributed by atoms with Crippen molar-refractivity contribution >= 4 is 11.7 Å². The van der Waals surface area contributed by atoms with Gasteiger partial charge < -0.3 is 20.1 Å². The number of carbonyl (C=O) groups excluding carboxylic acids is 1. The van der Waals surface area contributed by atoms with Gasteiger partial charge in [0.05, 0.1) is 6.54 Å². The summed E-state index contributed by atoms with van der Waals surface area (Å²) in [5.74, 6) is 0. The SMILES string of the molecule is COC(CNC(=O)Nc1cccc(C)c1)OC. The Morgan fingerprint density at radius 3 is 2.65 bits per heavy atom. The highest BCUT2D eigenvalue weighted by Crippen LogP contribution is 2.08. The molecule has 17 heavy (non-hydrogen) atoms. The molecule has 0 fully saturated rings. The number of rotatable bonds is 5. The van der Waals surface area contributed by atoms with Crippen molar-refractivity contribution in [3.63, 3.8) is 0 Å². The maximum Gasteiger partial charge on any atom is 0.319 e. The molecule has 0 aliphatic rings. The van der Waals surface area contributed by atoms with Crippen LogP contribution in [0.15, 0.2) is 24.3 Å². The minimum Gasteiger partial charge on any atom is -0.354 e. The Kier molecular flexibility index (Phi) is 5.45. The summed E-state index contributed by atoms with van der Waals surface area (Å²) in [6, 6.07) is 7.29. The van der Waals surface area contributed by atoms with Gasteiger partial charge in [-0.2, -0.15) is 0 Å². The molecule has 94 valence electrons. The van der Waals surface area contributed by atoms with Crippen molar-refractivity contribution in [1.82, 2.24) is 5.32 Å². The first-order chi connectivity index (χ1) is 8.15. The summed E-state index contributed by atoms with van der Waals surface area (Å²) in [5, 5.41) is 5.38. The van der Waals surface area contributed by atoms with Crippen molar-refractivity contribution < 1.29 is 14.3 Å². The minimum atomic E-state index is -0.432. The second-order valence-corrected chi connectivity index (χ2v) is 3.61. The van der Waals surface area contributed by atoms with Gasteiger partial charge in [0.25, 0.3) is 0 Å². The van der Waals surface area contributed by atoms with Crippen LogP contribution in [-0.4, -0.2) is 33.1 Å². The van der Waals surface area contributed by atoms with Gasteiger partial charge in [0.15, 0.2) is 6.29 Å². The lowest BCUT2D eigenvalue weighted by Crippen LogP contribution is -2.36. The lowest BCUT2D eigenvalue weighted by atomic mass is 10.2. The molecule has 0 heterocycles. The Morgan fingerprint density at radius 2 is 2.06 bits per heavy atom. The molecule has 0 spiro atoms. The van der Waals surface area contributed by atoms with Gasteiger partial charge in [0, 0.05) is 19.9 Å². The van der Waals surface area contributed by atoms with Gasteiger partial charge in [-0.1, -0.05) is 12.1 Å². The van der Waals surface area contributed by atoms with Crippen LogP contribution < -0.4 is 10.6 Å². The largest absolute Gasteiger partial charge is 0.354 e. The summed E-state index contributed by atoms with van der Waals surface area (Å²) in [6.07, 6.45) is -0.432. The first-order valence-electron chi connectivity index (χ1n) is 5.33. The molecule has 0 atom stereocenters. The summed E-state index contributed by atoms with van der Waals surface area (Å²) >= 11 is 0. The smallest absolute Gasteiger partial charge is 0.319 e. The molecule has 0 aliphatic carbocycles. The van der Waals surface area contributed by atoms with E-state index >= 15 is 0 Å². The van der Waals surface area contributed by atoms with Crippen molar-refractivity contribution in [2.45, 2.75) is 13.2 Å². The molecular formula is C12H18N2O3. The second kappa shape index (κ2) is 6.88. The third kappa shape index (κ3) is 4.84. The van der Waals surface area contributed by atoms with Crippen molar-refractivity contribution in [2.24, 2.45) is 0 Å². The maximum absolute atomic E-state index is 11.5. The lowest BCUT2D eigenvalue weighted by Gasteiger charge is -2.14. The van der Waals surface area contributed by atoms with Gasteiger partial charge in [-0.3, -0.25) is 0 Å². The van der Waals surface area contributed by atoms with E-state index in [4.69, 9.17) is 9.47 Å². The van der Waals surface area contributed by atoms with Gasteiger partial charge in [0.1, 0.15) is 0 Å². The standard InChI is InChI=1S/C12H18N2O3/c1-9-5-4-6-10(7-9)14-12(15)13-8-11(16-2)17-3/h4-7,11H,8H2,1-3H3,(H2,13,14,15). The van der Waals surface area contributed by atoms with E-state index in [0.29, 0.717) is 6.54 Å². The molecule has 5 nitrogen and oxygen atoms in total. The number of anilines is 1. The molecule has 1 aromatic rings. The predicted molar refractivity (Wildman–Crippen MR) is 66.0 cm³/mol. The maximum atomic E-state index is 11.5. The number of hydrogen-bond donors (Lipinski definition) is 2. The highest BCUT2D eigenvalue weighted by molar-refractivity contribution is 5.89. The van der Waals surface area contributed by atoms with Gasteiger partial charge in [-0.25, -0.2) is 4.79 Å². The fourth-order valence-corrected chi connectivity index (χ4v) is 1.34. The van der Waals surface area contributed by atoms with Crippen LogP contribution in [0.1, 0.15) is 5.56 Å². The second-order valence-electron chi connectivity index (χ2n) is 3.61. The topological polar surface area (TPSA) is 59.6 Å². The lowest BCUT2D eigenvalue weighted by molar-refractivity contribution is -0.0970. The third-order valence-corrected chi connectivity index (χ3v) is 2.23. The number of nitrogens with one attached hydrogen (secondary N) is 2. The molecule has 0 saturated heterocycles. The van der Waals surface area contributed by atoms with E-state index in [1.165, 1.54) is 14.2 Å². The summed E-state index contributed by atoms with van der Waals surface area (Å²) in [6.45, 7) is 2.26. The average molecular weight is 238 g/mol. The van der Waals surface area contributed by atoms with Crippen LogP contribution in [0.2, 0.25) is 0 Å². The average Bonchev–Trinajstić information content (AvgIpc) is 2.30. The Bertz CT molecular complexity index is 365. The summed E-state index contributed by atoms with van der Waals surface area (Å²) in [4.78, 5) is 11.5. The number of carbonyl (C=O) groups is 1. The number of hydrogen-bond acceptors (Lipinski definition) is 3. The molecular weight excluding hydrogens is 220 g/mol. The quantitative estimate of drug-likeness (QED) is 0.768. The number of ether oxygens (including phenoxy) is 2. The van der Waals surface area contributed by atoms with Gasteiger partial charge in [0.2, 0.25) is 0 Å². The zero-order chi connectivity index (χ0) is 12.7. The Hall–Kier alpha value is -1.59. The van der Waals surface area contributed by atoms with Gasteiger partial charge in [-0.05, 0) is 24.6 Å². The first kappa shape index (κ1) is 13.5. The highest BCUT2D eigenvalue weighted by atomic mass is 16.7. The molecule has 0 bridgehead atoms. The molecule has 2 N–H and O–H groups in total. The predicted octanol–water partition coefficient (Wildman–Crippen LogP) is 1.74. The zero-order valence-electron chi connectivity index (χ0n) is 10.3. The fraction of sp³-hybridized carbons (Fsp3) is 0.417. The normalized spacial score (nSPS) is 10.4. The van der Waals surface area contributed by atoms with Crippen LogP contribution in [0.5, 0.6) is 0 Å². The van der Waals surface area contributed by atoms with Gasteiger partial charge >= 0.3 is 6.03 Å². The summed E-state index contributed by atoms with van der Waals surface area (Å²) < 4.78 is 9.91. The van der Waals surface area contributed by atoms with Crippen molar-refractivity contribution in [3.05, 3.63) is 29.8 Å². The molecule has 0 aliphatic heterocycles.